The molecule has 2 N–H and O–H groups in total. The first kappa shape index (κ1) is 8.88. The van der Waals surface area contributed by atoms with Crippen LogP contribution >= 0.6 is 0 Å². The lowest BCUT2D eigenvalue weighted by Crippen LogP contribution is -2.10. The van der Waals surface area contributed by atoms with Crippen LogP contribution < -0.4 is 5.73 Å². The molecule has 0 saturated carbocycles. The van der Waals surface area contributed by atoms with Gasteiger partial charge in [0, 0.05) is 12.6 Å². The minimum Gasteiger partial charge on any atom is -0.326 e. The normalized spacial score (nSPS) is 11.0. The summed E-state index contributed by atoms with van der Waals surface area (Å²) in [5, 5.41) is 0. The molecule has 0 atom stereocenters. The van der Waals surface area contributed by atoms with E-state index in [0.717, 1.165) is 6.07 Å². The molecule has 1 rings (SSSR count). The van der Waals surface area contributed by atoms with Crippen molar-refractivity contribution < 1.29 is 13.2 Å². The first-order chi connectivity index (χ1) is 5.55. The number of hydrogen-bond acceptors (Lipinski definition) is 1. The van der Waals surface area contributed by atoms with Crippen LogP contribution in [0.2, 0.25) is 0 Å². The molecule has 0 amide bonds. The maximum Gasteiger partial charge on any atom is 0.417 e. The standard InChI is InChI=1S/C8H6F3N/c9-8(10,11)7-4-2-1-3-6(7)5-12/h3-4H,5,12H2. The SMILES string of the molecule is NCc1cc#ccc1C(F)(F)F. The van der Waals surface area contributed by atoms with E-state index in [0.29, 0.717) is 0 Å². The maximum atomic E-state index is 12.1. The van der Waals surface area contributed by atoms with Gasteiger partial charge in [-0.1, -0.05) is 12.1 Å². The van der Waals surface area contributed by atoms with Gasteiger partial charge in [0.25, 0.3) is 0 Å². The molecule has 12 heavy (non-hydrogen) atoms. The van der Waals surface area contributed by atoms with Crippen molar-refractivity contribution in [3.05, 3.63) is 35.4 Å². The predicted octanol–water partition coefficient (Wildman–Crippen LogP) is 1.76. The van der Waals surface area contributed by atoms with Crippen LogP contribution in [0.1, 0.15) is 11.1 Å². The molecule has 64 valence electrons. The average Bonchev–Trinajstić information content (AvgIpc) is 2.03. The summed E-state index contributed by atoms with van der Waals surface area (Å²) in [6.07, 6.45) is -4.35. The topological polar surface area (TPSA) is 26.0 Å². The third-order valence-electron chi connectivity index (χ3n) is 1.42. The number of hydrogen-bond donors (Lipinski definition) is 1. The molecule has 0 aliphatic rings. The zero-order valence-corrected chi connectivity index (χ0v) is 6.07. The minimum atomic E-state index is -4.35. The van der Waals surface area contributed by atoms with Crippen molar-refractivity contribution in [2.45, 2.75) is 12.7 Å². The number of rotatable bonds is 1. The largest absolute Gasteiger partial charge is 0.417 e. The Hall–Kier alpha value is -1.21. The van der Waals surface area contributed by atoms with E-state index in [1.807, 2.05) is 0 Å². The first-order valence-electron chi connectivity index (χ1n) is 3.23. The summed E-state index contributed by atoms with van der Waals surface area (Å²) < 4.78 is 36.4. The second-order valence-corrected chi connectivity index (χ2v) is 2.22. The fourth-order valence-corrected chi connectivity index (χ4v) is 0.846. The van der Waals surface area contributed by atoms with Gasteiger partial charge in [-0.05, 0) is 11.6 Å². The van der Waals surface area contributed by atoms with E-state index in [9.17, 15) is 13.2 Å². The molecule has 0 aliphatic carbocycles. The second kappa shape index (κ2) is 3.03. The number of halogens is 3. The van der Waals surface area contributed by atoms with Crippen LogP contribution in [-0.2, 0) is 12.7 Å². The Labute approximate surface area is 68.0 Å². The second-order valence-electron chi connectivity index (χ2n) is 2.22. The fourth-order valence-electron chi connectivity index (χ4n) is 0.846. The lowest BCUT2D eigenvalue weighted by Gasteiger charge is -2.08. The van der Waals surface area contributed by atoms with Crippen molar-refractivity contribution in [1.29, 1.82) is 0 Å². The molecule has 1 nitrogen and oxygen atoms in total. The molecular weight excluding hydrogens is 167 g/mol. The minimum absolute atomic E-state index is 0.0428. The molecule has 0 fully saturated rings. The Morgan fingerprint density at radius 1 is 1.25 bits per heavy atom. The summed E-state index contributed by atoms with van der Waals surface area (Å²) in [7, 11) is 0. The molecule has 0 aromatic heterocycles. The predicted molar refractivity (Wildman–Crippen MR) is 37.0 cm³/mol. The molecule has 0 aliphatic heterocycles. The van der Waals surface area contributed by atoms with E-state index in [1.165, 1.54) is 6.07 Å². The van der Waals surface area contributed by atoms with Gasteiger partial charge in [0.1, 0.15) is 0 Å². The Morgan fingerprint density at radius 3 is 2.25 bits per heavy atom. The van der Waals surface area contributed by atoms with Crippen molar-refractivity contribution in [2.75, 3.05) is 0 Å². The first-order valence-corrected chi connectivity index (χ1v) is 3.23. The molecule has 1 aromatic rings. The van der Waals surface area contributed by atoms with Gasteiger partial charge >= 0.3 is 6.18 Å². The smallest absolute Gasteiger partial charge is 0.326 e. The van der Waals surface area contributed by atoms with Crippen LogP contribution in [0.25, 0.3) is 0 Å². The Bertz CT molecular complexity index is 267. The third kappa shape index (κ3) is 1.69. The van der Waals surface area contributed by atoms with Gasteiger partial charge < -0.3 is 5.73 Å². The summed E-state index contributed by atoms with van der Waals surface area (Å²) >= 11 is 0. The Balaban J connectivity index is 3.14. The van der Waals surface area contributed by atoms with E-state index in [-0.39, 0.29) is 12.1 Å². The molecule has 4 heteroatoms. The highest BCUT2D eigenvalue weighted by atomic mass is 19.4. The molecule has 0 unspecified atom stereocenters. The van der Waals surface area contributed by atoms with Gasteiger partial charge in [0.2, 0.25) is 0 Å². The maximum absolute atomic E-state index is 12.1. The fraction of sp³-hybridized carbons (Fsp3) is 0.250. The van der Waals surface area contributed by atoms with Crippen LogP contribution in [0.3, 0.4) is 0 Å². The number of nitrogens with two attached hydrogens (primary N) is 1. The highest BCUT2D eigenvalue weighted by Gasteiger charge is 2.32. The third-order valence-corrected chi connectivity index (χ3v) is 1.42. The number of alkyl halides is 3. The van der Waals surface area contributed by atoms with E-state index >= 15 is 0 Å². The molecule has 1 aromatic carbocycles. The summed E-state index contributed by atoms with van der Waals surface area (Å²) in [5.41, 5.74) is 4.42. The average molecular weight is 173 g/mol. The molecule has 0 radical (unpaired) electrons. The summed E-state index contributed by atoms with van der Waals surface area (Å²) in [6, 6.07) is 6.71. The molecule has 0 heterocycles. The lowest BCUT2D eigenvalue weighted by molar-refractivity contribution is -0.138. The Morgan fingerprint density at radius 2 is 1.83 bits per heavy atom. The monoisotopic (exact) mass is 173 g/mol. The van der Waals surface area contributed by atoms with Crippen LogP contribution in [0, 0.1) is 12.1 Å². The highest BCUT2D eigenvalue weighted by Crippen LogP contribution is 2.30. The van der Waals surface area contributed by atoms with Gasteiger partial charge in [0.05, 0.1) is 5.56 Å². The lowest BCUT2D eigenvalue weighted by atomic mass is 10.1. The quantitative estimate of drug-likeness (QED) is 0.688. The van der Waals surface area contributed by atoms with Crippen LogP contribution in [0.15, 0.2) is 12.1 Å². The van der Waals surface area contributed by atoms with Crippen LogP contribution in [0.4, 0.5) is 13.2 Å². The van der Waals surface area contributed by atoms with Crippen molar-refractivity contribution in [2.24, 2.45) is 5.73 Å². The molecule has 0 saturated heterocycles. The van der Waals surface area contributed by atoms with E-state index < -0.39 is 11.7 Å². The summed E-state index contributed by atoms with van der Waals surface area (Å²) in [6.45, 7) is -0.139. The van der Waals surface area contributed by atoms with E-state index in [2.05, 4.69) is 12.1 Å². The van der Waals surface area contributed by atoms with Crippen LogP contribution in [0.5, 0.6) is 0 Å². The zero-order chi connectivity index (χ0) is 9.19. The molecule has 0 spiro atoms. The Kier molecular flexibility index (Phi) is 2.25. The highest BCUT2D eigenvalue weighted by molar-refractivity contribution is 5.26. The van der Waals surface area contributed by atoms with Crippen molar-refractivity contribution >= 4 is 0 Å². The molecular formula is C8H6F3N. The van der Waals surface area contributed by atoms with Gasteiger partial charge in [0.15, 0.2) is 0 Å². The van der Waals surface area contributed by atoms with Crippen molar-refractivity contribution in [1.82, 2.24) is 0 Å². The van der Waals surface area contributed by atoms with E-state index in [4.69, 9.17) is 5.73 Å². The van der Waals surface area contributed by atoms with Gasteiger partial charge in [-0.15, -0.1) is 0 Å². The summed E-state index contributed by atoms with van der Waals surface area (Å²) in [5.74, 6) is 0. The summed E-state index contributed by atoms with van der Waals surface area (Å²) in [4.78, 5) is 0. The van der Waals surface area contributed by atoms with Crippen molar-refractivity contribution in [3.63, 3.8) is 0 Å². The van der Waals surface area contributed by atoms with Crippen LogP contribution in [-0.4, -0.2) is 0 Å². The zero-order valence-electron chi connectivity index (χ0n) is 6.07. The van der Waals surface area contributed by atoms with Gasteiger partial charge in [-0.3, -0.25) is 0 Å². The van der Waals surface area contributed by atoms with Gasteiger partial charge in [-0.2, -0.15) is 13.2 Å². The molecule has 0 bridgehead atoms. The van der Waals surface area contributed by atoms with Crippen molar-refractivity contribution in [3.8, 4) is 0 Å². The van der Waals surface area contributed by atoms with E-state index in [1.54, 1.807) is 0 Å². The van der Waals surface area contributed by atoms with Gasteiger partial charge in [-0.25, -0.2) is 0 Å².